The van der Waals surface area contributed by atoms with Crippen molar-refractivity contribution in [2.75, 3.05) is 6.61 Å². The summed E-state index contributed by atoms with van der Waals surface area (Å²) in [6.45, 7) is 6.03. The Balaban J connectivity index is 2.11. The van der Waals surface area contributed by atoms with Crippen molar-refractivity contribution < 1.29 is 9.53 Å². The van der Waals surface area contributed by atoms with E-state index < -0.39 is 0 Å². The van der Waals surface area contributed by atoms with Crippen molar-refractivity contribution in [3.8, 4) is 22.4 Å². The molecular weight excluding hydrogens is 348 g/mol. The summed E-state index contributed by atoms with van der Waals surface area (Å²) in [5.74, 6) is -0.338. The van der Waals surface area contributed by atoms with E-state index in [0.29, 0.717) is 17.9 Å². The number of pyridine rings is 1. The molecule has 0 saturated heterocycles. The predicted molar refractivity (Wildman–Crippen MR) is 112 cm³/mol. The van der Waals surface area contributed by atoms with Gasteiger partial charge in [0.15, 0.2) is 0 Å². The first-order chi connectivity index (χ1) is 13.6. The third-order valence-electron chi connectivity index (χ3n) is 4.91. The number of aromatic amines is 1. The second kappa shape index (κ2) is 7.31. The van der Waals surface area contributed by atoms with Gasteiger partial charge in [0.05, 0.1) is 29.1 Å². The average molecular weight is 370 g/mol. The molecule has 4 nitrogen and oxygen atoms in total. The van der Waals surface area contributed by atoms with Crippen LogP contribution in [0.1, 0.15) is 28.7 Å². The highest BCUT2D eigenvalue weighted by molar-refractivity contribution is 6.11. The quantitative estimate of drug-likeness (QED) is 0.470. The molecule has 0 fully saturated rings. The van der Waals surface area contributed by atoms with Gasteiger partial charge in [-0.15, -0.1) is 0 Å². The fraction of sp³-hybridized carbons (Fsp3) is 0.167. The van der Waals surface area contributed by atoms with Crippen LogP contribution in [0.15, 0.2) is 60.7 Å². The number of aryl methyl sites for hydroxylation is 2. The molecule has 0 bridgehead atoms. The van der Waals surface area contributed by atoms with Gasteiger partial charge in [-0.2, -0.15) is 0 Å². The monoisotopic (exact) mass is 370 g/mol. The second-order valence-corrected chi connectivity index (χ2v) is 6.75. The van der Waals surface area contributed by atoms with Crippen molar-refractivity contribution in [3.05, 3.63) is 77.6 Å². The van der Waals surface area contributed by atoms with Gasteiger partial charge in [0.2, 0.25) is 0 Å². The van der Waals surface area contributed by atoms with Crippen molar-refractivity contribution in [3.63, 3.8) is 0 Å². The number of carbonyl (C=O) groups is 1. The molecule has 1 N–H and O–H groups in total. The molecular formula is C24H22N2O2. The summed E-state index contributed by atoms with van der Waals surface area (Å²) < 4.78 is 5.36. The lowest BCUT2D eigenvalue weighted by Gasteiger charge is -2.14. The van der Waals surface area contributed by atoms with Gasteiger partial charge in [0.25, 0.3) is 0 Å². The van der Waals surface area contributed by atoms with Crippen molar-refractivity contribution in [2.45, 2.75) is 20.8 Å². The molecule has 0 atom stereocenters. The normalized spacial score (nSPS) is 11.0. The Morgan fingerprint density at radius 1 is 0.964 bits per heavy atom. The molecule has 140 valence electrons. The number of nitrogens with zero attached hydrogens (tertiary/aromatic N) is 1. The molecule has 0 aliphatic carbocycles. The number of nitrogens with one attached hydrogen (secondary N) is 1. The SMILES string of the molecule is CCOC(=O)c1c(C)nc2c(-c3ccccc3)[nH]c(C)c2c1-c1ccccc1. The van der Waals surface area contributed by atoms with E-state index in [1.54, 1.807) is 0 Å². The molecule has 4 rings (SSSR count). The number of rotatable bonds is 4. The Bertz CT molecular complexity index is 1150. The Morgan fingerprint density at radius 2 is 1.57 bits per heavy atom. The van der Waals surface area contributed by atoms with Crippen molar-refractivity contribution in [1.29, 1.82) is 0 Å². The smallest absolute Gasteiger partial charge is 0.340 e. The van der Waals surface area contributed by atoms with Gasteiger partial charge < -0.3 is 9.72 Å². The van der Waals surface area contributed by atoms with Gasteiger partial charge in [-0.05, 0) is 26.3 Å². The molecule has 2 heterocycles. The summed E-state index contributed by atoms with van der Waals surface area (Å²) in [7, 11) is 0. The largest absolute Gasteiger partial charge is 0.462 e. The molecule has 0 radical (unpaired) electrons. The zero-order chi connectivity index (χ0) is 19.7. The summed E-state index contributed by atoms with van der Waals surface area (Å²) in [6.07, 6.45) is 0. The minimum atomic E-state index is -0.338. The summed E-state index contributed by atoms with van der Waals surface area (Å²) >= 11 is 0. The Hall–Kier alpha value is -3.40. The standard InChI is InChI=1S/C24H22N2O2/c1-4-28-24(27)20-16(3)26-23-19(21(20)17-11-7-5-8-12-17)15(2)25-22(23)18-13-9-6-10-14-18/h5-14,25H,4H2,1-3H3. The number of esters is 1. The highest BCUT2D eigenvalue weighted by Gasteiger charge is 2.25. The van der Waals surface area contributed by atoms with Crippen LogP contribution in [0, 0.1) is 13.8 Å². The number of benzene rings is 2. The molecule has 2 aromatic carbocycles. The first-order valence-electron chi connectivity index (χ1n) is 9.42. The van der Waals surface area contributed by atoms with Gasteiger partial charge in [-0.25, -0.2) is 9.78 Å². The summed E-state index contributed by atoms with van der Waals surface area (Å²) in [5, 5.41) is 0.957. The average Bonchev–Trinajstić information content (AvgIpc) is 3.04. The number of H-pyrrole nitrogens is 1. The van der Waals surface area contributed by atoms with Gasteiger partial charge in [0.1, 0.15) is 0 Å². The van der Waals surface area contributed by atoms with Crippen LogP contribution in [0.4, 0.5) is 0 Å². The van der Waals surface area contributed by atoms with Crippen LogP contribution in [0.25, 0.3) is 33.3 Å². The lowest BCUT2D eigenvalue weighted by atomic mass is 9.94. The third-order valence-corrected chi connectivity index (χ3v) is 4.91. The predicted octanol–water partition coefficient (Wildman–Crippen LogP) is 5.69. The minimum absolute atomic E-state index is 0.325. The zero-order valence-electron chi connectivity index (χ0n) is 16.2. The van der Waals surface area contributed by atoms with Gasteiger partial charge >= 0.3 is 5.97 Å². The Kier molecular flexibility index (Phi) is 4.70. The molecule has 4 heteroatoms. The van der Waals surface area contributed by atoms with E-state index in [0.717, 1.165) is 39.0 Å². The molecule has 0 saturated carbocycles. The topological polar surface area (TPSA) is 55.0 Å². The molecule has 0 aliphatic rings. The van der Waals surface area contributed by atoms with Crippen LogP contribution in [-0.2, 0) is 4.74 Å². The number of hydrogen-bond acceptors (Lipinski definition) is 3. The van der Waals surface area contributed by atoms with Crippen molar-refractivity contribution >= 4 is 16.9 Å². The number of fused-ring (bicyclic) bond motifs is 1. The van der Waals surface area contributed by atoms with Gasteiger partial charge in [-0.3, -0.25) is 0 Å². The van der Waals surface area contributed by atoms with Crippen LogP contribution in [0.5, 0.6) is 0 Å². The molecule has 0 spiro atoms. The van der Waals surface area contributed by atoms with Crippen LogP contribution in [0.3, 0.4) is 0 Å². The van der Waals surface area contributed by atoms with E-state index in [2.05, 4.69) is 17.1 Å². The summed E-state index contributed by atoms with van der Waals surface area (Å²) in [5.41, 5.74) is 6.92. The van der Waals surface area contributed by atoms with E-state index in [4.69, 9.17) is 9.72 Å². The lowest BCUT2D eigenvalue weighted by Crippen LogP contribution is -2.10. The fourth-order valence-electron chi connectivity index (χ4n) is 3.72. The van der Waals surface area contributed by atoms with Gasteiger partial charge in [0, 0.05) is 22.2 Å². The molecule has 0 aliphatic heterocycles. The Morgan fingerprint density at radius 3 is 2.18 bits per heavy atom. The number of ether oxygens (including phenoxy) is 1. The number of hydrogen-bond donors (Lipinski definition) is 1. The van der Waals surface area contributed by atoms with E-state index >= 15 is 0 Å². The zero-order valence-corrected chi connectivity index (χ0v) is 16.2. The molecule has 4 aromatic rings. The number of carbonyl (C=O) groups excluding carboxylic acids is 1. The molecule has 0 amide bonds. The van der Waals surface area contributed by atoms with E-state index in [1.165, 1.54) is 0 Å². The Labute approximate surface area is 164 Å². The fourth-order valence-corrected chi connectivity index (χ4v) is 3.72. The van der Waals surface area contributed by atoms with Crippen LogP contribution >= 0.6 is 0 Å². The molecule has 28 heavy (non-hydrogen) atoms. The van der Waals surface area contributed by atoms with Crippen LogP contribution in [-0.4, -0.2) is 22.5 Å². The van der Waals surface area contributed by atoms with Crippen LogP contribution < -0.4 is 0 Å². The van der Waals surface area contributed by atoms with E-state index in [9.17, 15) is 4.79 Å². The first kappa shape index (κ1) is 18.0. The van der Waals surface area contributed by atoms with E-state index in [1.807, 2.05) is 69.3 Å². The van der Waals surface area contributed by atoms with Crippen molar-refractivity contribution in [2.24, 2.45) is 0 Å². The highest BCUT2D eigenvalue weighted by atomic mass is 16.5. The maximum absolute atomic E-state index is 12.8. The summed E-state index contributed by atoms with van der Waals surface area (Å²) in [4.78, 5) is 21.1. The first-order valence-corrected chi connectivity index (χ1v) is 9.42. The lowest BCUT2D eigenvalue weighted by molar-refractivity contribution is 0.0526. The van der Waals surface area contributed by atoms with Crippen LogP contribution in [0.2, 0.25) is 0 Å². The third kappa shape index (κ3) is 2.97. The maximum atomic E-state index is 12.8. The molecule has 2 aromatic heterocycles. The minimum Gasteiger partial charge on any atom is -0.462 e. The van der Waals surface area contributed by atoms with E-state index in [-0.39, 0.29) is 5.97 Å². The maximum Gasteiger partial charge on any atom is 0.340 e. The summed E-state index contributed by atoms with van der Waals surface area (Å²) in [6, 6.07) is 20.1. The second-order valence-electron chi connectivity index (χ2n) is 6.75. The highest BCUT2D eigenvalue weighted by Crippen LogP contribution is 2.39. The van der Waals surface area contributed by atoms with Gasteiger partial charge in [-0.1, -0.05) is 60.7 Å². The molecule has 0 unspecified atom stereocenters. The number of aromatic nitrogens is 2. The van der Waals surface area contributed by atoms with Crippen molar-refractivity contribution in [1.82, 2.24) is 9.97 Å².